The third-order valence-corrected chi connectivity index (χ3v) is 4.98. The molecule has 1 aromatic carbocycles. The third kappa shape index (κ3) is 1.73. The smallest absolute Gasteiger partial charge is 0.184 e. The van der Waals surface area contributed by atoms with E-state index in [0.717, 1.165) is 29.5 Å². The van der Waals surface area contributed by atoms with Crippen LogP contribution in [0.5, 0.6) is 5.75 Å². The predicted molar refractivity (Wildman–Crippen MR) is 77.4 cm³/mol. The summed E-state index contributed by atoms with van der Waals surface area (Å²) in [7, 11) is 0. The van der Waals surface area contributed by atoms with Crippen molar-refractivity contribution in [2.75, 3.05) is 0 Å². The summed E-state index contributed by atoms with van der Waals surface area (Å²) in [5.41, 5.74) is 3.53. The summed E-state index contributed by atoms with van der Waals surface area (Å²) in [4.78, 5) is 12.0. The van der Waals surface area contributed by atoms with Gasteiger partial charge in [-0.1, -0.05) is 19.9 Å². The number of phenolic OH excluding ortho intramolecular Hbond substituents is 1. The Morgan fingerprint density at radius 3 is 2.70 bits per heavy atom. The van der Waals surface area contributed by atoms with E-state index in [0.29, 0.717) is 0 Å². The molecule has 3 nitrogen and oxygen atoms in total. The van der Waals surface area contributed by atoms with Crippen LogP contribution in [0.2, 0.25) is 0 Å². The van der Waals surface area contributed by atoms with Crippen LogP contribution < -0.4 is 0 Å². The Balaban J connectivity index is 2.20. The number of phenols is 1. The lowest BCUT2D eigenvalue weighted by molar-refractivity contribution is -0.130. The molecule has 0 spiro atoms. The first-order chi connectivity index (χ1) is 9.32. The number of aliphatic hydroxyl groups excluding tert-OH is 1. The Bertz CT molecular complexity index is 625. The van der Waals surface area contributed by atoms with E-state index >= 15 is 0 Å². The van der Waals surface area contributed by atoms with Crippen molar-refractivity contribution in [1.29, 1.82) is 0 Å². The molecule has 2 N–H and O–H groups in total. The number of fused-ring (bicyclic) bond motifs is 3. The molecule has 0 unspecified atom stereocenters. The topological polar surface area (TPSA) is 57.5 Å². The van der Waals surface area contributed by atoms with E-state index in [9.17, 15) is 15.0 Å². The lowest BCUT2D eigenvalue weighted by Crippen LogP contribution is -2.46. The maximum absolute atomic E-state index is 12.0. The Morgan fingerprint density at radius 2 is 2.00 bits per heavy atom. The fraction of sp³-hybridized carbons (Fsp3) is 0.471. The van der Waals surface area contributed by atoms with E-state index in [-0.39, 0.29) is 17.5 Å². The van der Waals surface area contributed by atoms with Crippen molar-refractivity contribution in [2.24, 2.45) is 11.3 Å². The monoisotopic (exact) mass is 272 g/mol. The molecule has 0 saturated heterocycles. The van der Waals surface area contributed by atoms with Crippen LogP contribution in [-0.4, -0.2) is 22.1 Å². The van der Waals surface area contributed by atoms with E-state index in [2.05, 4.69) is 0 Å². The number of aromatic hydroxyl groups is 1. The number of rotatable bonds is 0. The van der Waals surface area contributed by atoms with Gasteiger partial charge in [-0.3, -0.25) is 4.79 Å². The van der Waals surface area contributed by atoms with Crippen molar-refractivity contribution in [3.8, 4) is 5.75 Å². The average molecular weight is 272 g/mol. The highest BCUT2D eigenvalue weighted by atomic mass is 16.3. The molecule has 0 aromatic heterocycles. The maximum Gasteiger partial charge on any atom is 0.184 e. The number of hydrogen-bond donors (Lipinski definition) is 2. The second-order valence-electron chi connectivity index (χ2n) is 6.61. The van der Waals surface area contributed by atoms with Crippen LogP contribution in [0.4, 0.5) is 0 Å². The van der Waals surface area contributed by atoms with E-state index in [4.69, 9.17) is 0 Å². The highest BCUT2D eigenvalue weighted by Gasteiger charge is 2.46. The normalized spacial score (nSPS) is 27.6. The minimum Gasteiger partial charge on any atom is -0.508 e. The first-order valence-electron chi connectivity index (χ1n) is 7.08. The van der Waals surface area contributed by atoms with E-state index < -0.39 is 11.5 Å². The zero-order chi connectivity index (χ0) is 14.7. The number of aliphatic hydroxyl groups is 1. The molecule has 1 aromatic rings. The quantitative estimate of drug-likeness (QED) is 0.763. The summed E-state index contributed by atoms with van der Waals surface area (Å²) < 4.78 is 0. The van der Waals surface area contributed by atoms with Crippen LogP contribution in [0.25, 0.3) is 5.57 Å². The molecule has 0 heterocycles. The molecule has 2 aliphatic rings. The zero-order valence-electron chi connectivity index (χ0n) is 12.1. The molecule has 0 saturated carbocycles. The van der Waals surface area contributed by atoms with Crippen molar-refractivity contribution in [3.63, 3.8) is 0 Å². The highest BCUT2D eigenvalue weighted by molar-refractivity contribution is 6.03. The van der Waals surface area contributed by atoms with Crippen LogP contribution in [0.15, 0.2) is 18.2 Å². The van der Waals surface area contributed by atoms with E-state index in [1.165, 1.54) is 5.56 Å². The summed E-state index contributed by atoms with van der Waals surface area (Å²) in [6, 6.07) is 3.77. The fourth-order valence-electron chi connectivity index (χ4n) is 3.62. The minimum atomic E-state index is -0.933. The summed E-state index contributed by atoms with van der Waals surface area (Å²) in [5.74, 6) is 0.195. The Kier molecular flexibility index (Phi) is 2.80. The Labute approximate surface area is 118 Å². The van der Waals surface area contributed by atoms with Gasteiger partial charge in [0.05, 0.1) is 0 Å². The molecule has 0 bridgehead atoms. The van der Waals surface area contributed by atoms with Crippen molar-refractivity contribution in [2.45, 2.75) is 39.7 Å². The summed E-state index contributed by atoms with van der Waals surface area (Å²) in [5, 5.41) is 20.1. The molecule has 0 amide bonds. The largest absolute Gasteiger partial charge is 0.508 e. The van der Waals surface area contributed by atoms with Gasteiger partial charge in [0.15, 0.2) is 5.78 Å². The number of carbonyl (C=O) groups excluding carboxylic acids is 1. The van der Waals surface area contributed by atoms with Crippen LogP contribution in [0.3, 0.4) is 0 Å². The van der Waals surface area contributed by atoms with Gasteiger partial charge >= 0.3 is 0 Å². The predicted octanol–water partition coefficient (Wildman–Crippen LogP) is 2.62. The number of ketones is 1. The highest BCUT2D eigenvalue weighted by Crippen LogP contribution is 2.50. The minimum absolute atomic E-state index is 0.157. The fourth-order valence-corrected chi connectivity index (χ4v) is 3.62. The van der Waals surface area contributed by atoms with Crippen molar-refractivity contribution < 1.29 is 15.0 Å². The van der Waals surface area contributed by atoms with Crippen molar-refractivity contribution >= 4 is 11.4 Å². The molecular weight excluding hydrogens is 252 g/mol. The number of hydrogen-bond acceptors (Lipinski definition) is 3. The number of benzene rings is 1. The van der Waals surface area contributed by atoms with Crippen LogP contribution in [0, 0.1) is 18.3 Å². The second kappa shape index (κ2) is 4.19. The van der Waals surface area contributed by atoms with Gasteiger partial charge in [-0.2, -0.15) is 0 Å². The molecule has 0 radical (unpaired) electrons. The van der Waals surface area contributed by atoms with Gasteiger partial charge in [-0.25, -0.2) is 0 Å². The Morgan fingerprint density at radius 1 is 1.30 bits per heavy atom. The molecule has 2 atom stereocenters. The molecule has 2 aliphatic carbocycles. The van der Waals surface area contributed by atoms with Gasteiger partial charge in [0.1, 0.15) is 11.9 Å². The molecule has 3 heteroatoms. The van der Waals surface area contributed by atoms with Gasteiger partial charge in [-0.15, -0.1) is 0 Å². The van der Waals surface area contributed by atoms with Gasteiger partial charge in [0.2, 0.25) is 0 Å². The summed E-state index contributed by atoms with van der Waals surface area (Å²) in [6.45, 7) is 5.79. The second-order valence-corrected chi connectivity index (χ2v) is 6.61. The van der Waals surface area contributed by atoms with Crippen molar-refractivity contribution in [1.82, 2.24) is 0 Å². The lowest BCUT2D eigenvalue weighted by Gasteiger charge is -2.44. The summed E-state index contributed by atoms with van der Waals surface area (Å²) >= 11 is 0. The standard InChI is InChI=1S/C17H20O3/c1-9-6-10-4-5-13-12(11(10)7-14(9)18)8-15(19)16(20)17(13,2)3/h6-8,13,16,18,20H,4-5H2,1-3H3/t13-,16+/m1/s1. The van der Waals surface area contributed by atoms with E-state index in [1.54, 1.807) is 12.1 Å². The van der Waals surface area contributed by atoms with Crippen LogP contribution >= 0.6 is 0 Å². The lowest BCUT2D eigenvalue weighted by atomic mass is 9.60. The molecule has 106 valence electrons. The molecular formula is C17H20O3. The number of aryl methyl sites for hydroxylation is 2. The SMILES string of the molecule is Cc1cc2c(cc1O)C1=CC(=O)[C@H](O)C(C)(C)[C@@H]1CC2. The molecule has 0 fully saturated rings. The zero-order valence-corrected chi connectivity index (χ0v) is 12.1. The number of allylic oxidation sites excluding steroid dienone is 1. The van der Waals surface area contributed by atoms with Gasteiger partial charge in [0, 0.05) is 5.41 Å². The van der Waals surface area contributed by atoms with E-state index in [1.807, 2.05) is 26.8 Å². The molecule has 3 rings (SSSR count). The van der Waals surface area contributed by atoms with Crippen molar-refractivity contribution in [3.05, 3.63) is 34.9 Å². The number of carbonyl (C=O) groups is 1. The Hall–Kier alpha value is -1.61. The maximum atomic E-state index is 12.0. The van der Waals surface area contributed by atoms with Gasteiger partial charge in [0.25, 0.3) is 0 Å². The molecule has 20 heavy (non-hydrogen) atoms. The first kappa shape index (κ1) is 13.4. The third-order valence-electron chi connectivity index (χ3n) is 4.98. The van der Waals surface area contributed by atoms with Gasteiger partial charge in [-0.05, 0) is 60.1 Å². The van der Waals surface area contributed by atoms with Gasteiger partial charge < -0.3 is 10.2 Å². The van der Waals surface area contributed by atoms with Crippen LogP contribution in [0.1, 0.15) is 37.0 Å². The first-order valence-corrected chi connectivity index (χ1v) is 7.08. The average Bonchev–Trinajstić information content (AvgIpc) is 2.38. The van der Waals surface area contributed by atoms with Crippen LogP contribution in [-0.2, 0) is 11.2 Å². The summed E-state index contributed by atoms with van der Waals surface area (Å²) in [6.07, 6.45) is 2.49. The molecule has 0 aliphatic heterocycles.